The molecule has 0 aromatic heterocycles. The van der Waals surface area contributed by atoms with Crippen LogP contribution in [0, 0.1) is 5.82 Å². The number of hydrogen-bond acceptors (Lipinski definition) is 7. The number of likely N-dealkylation sites (tertiary alicyclic amines) is 1. The van der Waals surface area contributed by atoms with E-state index in [4.69, 9.17) is 9.47 Å². The van der Waals surface area contributed by atoms with E-state index in [0.717, 1.165) is 0 Å². The lowest BCUT2D eigenvalue weighted by atomic mass is 10.1. The van der Waals surface area contributed by atoms with Crippen molar-refractivity contribution in [2.24, 2.45) is 0 Å². The largest absolute Gasteiger partial charge is 0.491 e. The molecule has 1 heterocycles. The van der Waals surface area contributed by atoms with Gasteiger partial charge in [-0.2, -0.15) is 0 Å². The van der Waals surface area contributed by atoms with Crippen LogP contribution >= 0.6 is 0 Å². The summed E-state index contributed by atoms with van der Waals surface area (Å²) in [6.45, 7) is 3.73. The van der Waals surface area contributed by atoms with Gasteiger partial charge in [-0.3, -0.25) is 14.4 Å². The number of nitrogens with zero attached hydrogens (tertiary/aromatic N) is 1. The van der Waals surface area contributed by atoms with Crippen LogP contribution in [0.25, 0.3) is 0 Å². The van der Waals surface area contributed by atoms with Gasteiger partial charge in [-0.05, 0) is 38.8 Å². The minimum atomic E-state index is -0.893. The number of halogens is 1. The smallest absolute Gasteiger partial charge is 0.329 e. The number of carbonyl (C=O) groups excluding carboxylic acids is 2. The maximum absolute atomic E-state index is 15.0. The molecule has 0 aliphatic carbocycles. The molecule has 1 aliphatic rings. The van der Waals surface area contributed by atoms with Gasteiger partial charge in [-0.15, -0.1) is 0 Å². The van der Waals surface area contributed by atoms with Crippen molar-refractivity contribution in [3.05, 3.63) is 50.0 Å². The second-order valence-electron chi connectivity index (χ2n) is 7.00. The van der Waals surface area contributed by atoms with Crippen LogP contribution in [0.5, 0.6) is 5.75 Å². The van der Waals surface area contributed by atoms with E-state index in [2.05, 4.69) is 5.32 Å². The molecular weight excluding hydrogens is 383 g/mol. The fourth-order valence-electron chi connectivity index (χ4n) is 3.33. The van der Waals surface area contributed by atoms with E-state index in [1.54, 1.807) is 13.8 Å². The molecule has 0 bridgehead atoms. The van der Waals surface area contributed by atoms with E-state index in [0.29, 0.717) is 19.4 Å². The highest BCUT2D eigenvalue weighted by atomic mass is 19.1. The summed E-state index contributed by atoms with van der Waals surface area (Å²) in [7, 11) is 1.22. The van der Waals surface area contributed by atoms with Gasteiger partial charge in [0.05, 0.1) is 24.5 Å². The van der Waals surface area contributed by atoms with Crippen molar-refractivity contribution >= 4 is 23.3 Å². The summed E-state index contributed by atoms with van der Waals surface area (Å²) in [4.78, 5) is 49.6. The molecule has 9 heteroatoms. The Morgan fingerprint density at radius 2 is 1.97 bits per heavy atom. The number of amides is 1. The van der Waals surface area contributed by atoms with Gasteiger partial charge in [-0.25, -0.2) is 9.18 Å². The Morgan fingerprint density at radius 1 is 1.24 bits per heavy atom. The van der Waals surface area contributed by atoms with Crippen molar-refractivity contribution in [3.63, 3.8) is 0 Å². The maximum Gasteiger partial charge on any atom is 0.329 e. The molecule has 0 spiro atoms. The fraction of sp³-hybridized carbons (Fsp3) is 0.400. The molecule has 0 radical (unpaired) electrons. The molecule has 2 aromatic rings. The number of carbonyl (C=O) groups is 2. The molecule has 1 fully saturated rings. The van der Waals surface area contributed by atoms with Crippen LogP contribution in [0.4, 0.5) is 15.8 Å². The first-order chi connectivity index (χ1) is 13.8. The average molecular weight is 404 g/mol. The number of nitrogens with one attached hydrogen (secondary N) is 1. The Morgan fingerprint density at radius 3 is 2.62 bits per heavy atom. The third-order valence-corrected chi connectivity index (χ3v) is 4.70. The molecule has 1 N–H and O–H groups in total. The minimum Gasteiger partial charge on any atom is -0.491 e. The number of hydrogen-bond donors (Lipinski definition) is 1. The number of benzene rings is 1. The van der Waals surface area contributed by atoms with E-state index >= 15 is 4.39 Å². The van der Waals surface area contributed by atoms with Crippen LogP contribution in [0.3, 0.4) is 0 Å². The zero-order chi connectivity index (χ0) is 21.3. The monoisotopic (exact) mass is 404 g/mol. The Labute approximate surface area is 165 Å². The van der Waals surface area contributed by atoms with Gasteiger partial charge in [0.2, 0.25) is 0 Å². The molecule has 29 heavy (non-hydrogen) atoms. The lowest BCUT2D eigenvalue weighted by Gasteiger charge is -2.24. The number of rotatable bonds is 6. The number of ether oxygens (including phenoxy) is 2. The predicted molar refractivity (Wildman–Crippen MR) is 103 cm³/mol. The van der Waals surface area contributed by atoms with Gasteiger partial charge < -0.3 is 19.7 Å². The normalized spacial score (nSPS) is 16.3. The second kappa shape index (κ2) is 8.02. The molecule has 1 atom stereocenters. The Kier molecular flexibility index (Phi) is 5.67. The highest BCUT2D eigenvalue weighted by Gasteiger charge is 2.37. The van der Waals surface area contributed by atoms with E-state index in [-0.39, 0.29) is 28.8 Å². The first kappa shape index (κ1) is 20.5. The van der Waals surface area contributed by atoms with Crippen molar-refractivity contribution in [3.8, 4) is 5.75 Å². The Bertz CT molecular complexity index is 1020. The standard InChI is InChI=1S/C20H21FN2O6/c1-10(2)29-20(27)13-8-5-9-23(13)19(26)11-6-4-7-12(14(11)21)22-15-16(24)17(25)18(15)28-3/h4,6-7,10,13,22H,5,8-9H2,1-3H3. The fourth-order valence-corrected chi connectivity index (χ4v) is 3.33. The van der Waals surface area contributed by atoms with E-state index in [9.17, 15) is 19.2 Å². The SMILES string of the molecule is COc1c(Nc2cccc(C(=O)N3CCCC3C(=O)OC(C)C)c2F)c(=O)c1=O. The molecule has 3 rings (SSSR count). The van der Waals surface area contributed by atoms with Gasteiger partial charge in [0.1, 0.15) is 11.7 Å². The van der Waals surface area contributed by atoms with Crippen molar-refractivity contribution in [1.29, 1.82) is 0 Å². The van der Waals surface area contributed by atoms with Crippen molar-refractivity contribution in [2.75, 3.05) is 19.0 Å². The molecular formula is C20H21FN2O6. The summed E-state index contributed by atoms with van der Waals surface area (Å²) in [6, 6.07) is 3.30. The van der Waals surface area contributed by atoms with Crippen LogP contribution < -0.4 is 20.9 Å². The van der Waals surface area contributed by atoms with E-state index in [1.165, 1.54) is 30.2 Å². The first-order valence-corrected chi connectivity index (χ1v) is 9.20. The summed E-state index contributed by atoms with van der Waals surface area (Å²) in [5.74, 6) is -2.25. The average Bonchev–Trinajstić information content (AvgIpc) is 3.17. The zero-order valence-electron chi connectivity index (χ0n) is 16.3. The third-order valence-electron chi connectivity index (χ3n) is 4.70. The molecule has 0 saturated carbocycles. The van der Waals surface area contributed by atoms with Crippen molar-refractivity contribution < 1.29 is 23.5 Å². The molecule has 1 unspecified atom stereocenters. The van der Waals surface area contributed by atoms with Gasteiger partial charge in [0.15, 0.2) is 11.6 Å². The second-order valence-corrected chi connectivity index (χ2v) is 7.00. The highest BCUT2D eigenvalue weighted by molar-refractivity contribution is 5.98. The highest BCUT2D eigenvalue weighted by Crippen LogP contribution is 2.28. The van der Waals surface area contributed by atoms with Gasteiger partial charge in [0.25, 0.3) is 16.8 Å². The summed E-state index contributed by atoms with van der Waals surface area (Å²) >= 11 is 0. The van der Waals surface area contributed by atoms with Crippen LogP contribution in [-0.2, 0) is 9.53 Å². The minimum absolute atomic E-state index is 0.151. The van der Waals surface area contributed by atoms with Gasteiger partial charge in [0, 0.05) is 6.54 Å². The summed E-state index contributed by atoms with van der Waals surface area (Å²) in [5.41, 5.74) is -2.19. The number of methoxy groups -OCH3 is 1. The third kappa shape index (κ3) is 3.72. The lowest BCUT2D eigenvalue weighted by molar-refractivity contribution is -0.151. The van der Waals surface area contributed by atoms with Gasteiger partial charge >= 0.3 is 5.97 Å². The van der Waals surface area contributed by atoms with Gasteiger partial charge in [-0.1, -0.05) is 6.07 Å². The zero-order valence-corrected chi connectivity index (χ0v) is 16.3. The quantitative estimate of drug-likeness (QED) is 0.578. The molecule has 1 aliphatic heterocycles. The molecule has 8 nitrogen and oxygen atoms in total. The number of esters is 1. The Balaban J connectivity index is 1.86. The van der Waals surface area contributed by atoms with E-state index in [1.807, 2.05) is 0 Å². The lowest BCUT2D eigenvalue weighted by Crippen LogP contribution is -2.42. The van der Waals surface area contributed by atoms with Crippen molar-refractivity contribution in [2.45, 2.75) is 38.8 Å². The molecule has 154 valence electrons. The number of anilines is 2. The predicted octanol–water partition coefficient (Wildman–Crippen LogP) is 1.73. The molecule has 2 aromatic carbocycles. The van der Waals surface area contributed by atoms with Crippen LogP contribution in [-0.4, -0.2) is 42.6 Å². The van der Waals surface area contributed by atoms with Crippen LogP contribution in [0.1, 0.15) is 37.0 Å². The molecule has 1 amide bonds. The summed E-state index contributed by atoms with van der Waals surface area (Å²) in [6.07, 6.45) is 0.719. The first-order valence-electron chi connectivity index (χ1n) is 9.20. The Hall–Kier alpha value is -3.23. The van der Waals surface area contributed by atoms with Crippen LogP contribution in [0.2, 0.25) is 0 Å². The summed E-state index contributed by atoms with van der Waals surface area (Å²) < 4.78 is 25.0. The summed E-state index contributed by atoms with van der Waals surface area (Å²) in [5, 5.41) is 2.52. The van der Waals surface area contributed by atoms with Crippen LogP contribution in [0.15, 0.2) is 27.8 Å². The maximum atomic E-state index is 15.0. The van der Waals surface area contributed by atoms with Crippen molar-refractivity contribution in [1.82, 2.24) is 4.90 Å². The topological polar surface area (TPSA) is 102 Å². The molecule has 1 saturated heterocycles. The van der Waals surface area contributed by atoms with E-state index < -0.39 is 34.6 Å².